The maximum Gasteiger partial charge on any atom is 0.406 e. The fourth-order valence-electron chi connectivity index (χ4n) is 2.31. The molecule has 0 fully saturated rings. The molecule has 0 saturated carbocycles. The van der Waals surface area contributed by atoms with Crippen molar-refractivity contribution in [3.63, 3.8) is 0 Å². The topological polar surface area (TPSA) is 30.7 Å². The Bertz CT molecular complexity index is 850. The summed E-state index contributed by atoms with van der Waals surface area (Å²) in [6, 6.07) is 12.4. The molecule has 3 nitrogen and oxygen atoms in total. The van der Waals surface area contributed by atoms with E-state index in [0.29, 0.717) is 22.2 Å². The van der Waals surface area contributed by atoms with E-state index in [0.717, 1.165) is 5.56 Å². The van der Waals surface area contributed by atoms with Gasteiger partial charge >= 0.3 is 6.18 Å². The first-order valence-electron chi connectivity index (χ1n) is 7.34. The van der Waals surface area contributed by atoms with Crippen LogP contribution in [0.25, 0.3) is 11.3 Å². The van der Waals surface area contributed by atoms with Crippen molar-refractivity contribution in [3.8, 4) is 11.3 Å². The van der Waals surface area contributed by atoms with E-state index >= 15 is 0 Å². The third kappa shape index (κ3) is 4.55. The van der Waals surface area contributed by atoms with Crippen LogP contribution in [-0.4, -0.2) is 20.7 Å². The molecule has 3 aromatic rings. The van der Waals surface area contributed by atoms with Gasteiger partial charge in [-0.15, -0.1) is 0 Å². The lowest BCUT2D eigenvalue weighted by Crippen LogP contribution is -2.19. The highest BCUT2D eigenvalue weighted by molar-refractivity contribution is 7.98. The summed E-state index contributed by atoms with van der Waals surface area (Å²) in [5.41, 5.74) is 1.86. The first-order chi connectivity index (χ1) is 11.9. The zero-order chi connectivity index (χ0) is 17.9. The fraction of sp³-hybridized carbons (Fsp3) is 0.176. The van der Waals surface area contributed by atoms with Crippen LogP contribution in [0.5, 0.6) is 0 Å². The molecule has 0 aliphatic carbocycles. The molecule has 8 heteroatoms. The highest BCUT2D eigenvalue weighted by atomic mass is 35.5. The minimum atomic E-state index is -4.34. The van der Waals surface area contributed by atoms with Crippen LogP contribution in [0.3, 0.4) is 0 Å². The number of pyridine rings is 1. The number of hydrogen-bond acceptors (Lipinski definition) is 3. The van der Waals surface area contributed by atoms with Crippen molar-refractivity contribution in [1.82, 2.24) is 14.5 Å². The number of hydrogen-bond donors (Lipinski definition) is 0. The van der Waals surface area contributed by atoms with E-state index in [1.165, 1.54) is 22.5 Å². The van der Waals surface area contributed by atoms with Gasteiger partial charge in [-0.1, -0.05) is 59.8 Å². The lowest BCUT2D eigenvalue weighted by molar-refractivity contribution is -0.141. The Balaban J connectivity index is 1.91. The fourth-order valence-corrected chi connectivity index (χ4v) is 3.54. The molecular weight excluding hydrogens is 371 g/mol. The highest BCUT2D eigenvalue weighted by Crippen LogP contribution is 2.32. The molecule has 0 saturated heterocycles. The molecule has 2 heterocycles. The van der Waals surface area contributed by atoms with Crippen molar-refractivity contribution in [2.75, 3.05) is 0 Å². The maximum absolute atomic E-state index is 13.0. The molecule has 2 aromatic heterocycles. The predicted octanol–water partition coefficient (Wildman–Crippen LogP) is 5.45. The van der Waals surface area contributed by atoms with Crippen LogP contribution in [0.15, 0.2) is 60.0 Å². The number of benzene rings is 1. The summed E-state index contributed by atoms with van der Waals surface area (Å²) in [6.45, 7) is -1.10. The van der Waals surface area contributed by atoms with E-state index < -0.39 is 12.7 Å². The molecule has 0 aliphatic rings. The van der Waals surface area contributed by atoms with Crippen molar-refractivity contribution in [2.45, 2.75) is 23.6 Å². The van der Waals surface area contributed by atoms with Crippen LogP contribution in [0.4, 0.5) is 13.2 Å². The van der Waals surface area contributed by atoms with Gasteiger partial charge in [-0.3, -0.25) is 0 Å². The molecule has 0 unspecified atom stereocenters. The summed E-state index contributed by atoms with van der Waals surface area (Å²) in [5.74, 6) is 0.385. The summed E-state index contributed by atoms with van der Waals surface area (Å²) in [6.07, 6.45) is -1.31. The lowest BCUT2D eigenvalue weighted by atomic mass is 10.2. The average Bonchev–Trinajstić information content (AvgIpc) is 2.96. The van der Waals surface area contributed by atoms with Gasteiger partial charge in [0.2, 0.25) is 0 Å². The third-order valence-electron chi connectivity index (χ3n) is 3.42. The van der Waals surface area contributed by atoms with E-state index in [-0.39, 0.29) is 5.16 Å². The van der Waals surface area contributed by atoms with Gasteiger partial charge in [-0.25, -0.2) is 9.97 Å². The molecule has 0 N–H and O–H groups in total. The molecule has 1 aromatic carbocycles. The first-order valence-corrected chi connectivity index (χ1v) is 8.70. The van der Waals surface area contributed by atoms with Crippen molar-refractivity contribution in [3.05, 3.63) is 65.6 Å². The molecule has 0 spiro atoms. The Morgan fingerprint density at radius 1 is 1.04 bits per heavy atom. The number of imidazole rings is 1. The van der Waals surface area contributed by atoms with Crippen LogP contribution in [0, 0.1) is 0 Å². The predicted molar refractivity (Wildman–Crippen MR) is 92.5 cm³/mol. The van der Waals surface area contributed by atoms with E-state index in [1.54, 1.807) is 42.6 Å². The second-order valence-electron chi connectivity index (χ2n) is 5.24. The van der Waals surface area contributed by atoms with Gasteiger partial charge in [-0.05, 0) is 17.2 Å². The summed E-state index contributed by atoms with van der Waals surface area (Å²) in [5, 5.41) is 0.628. The Morgan fingerprint density at radius 2 is 1.80 bits per heavy atom. The second kappa shape index (κ2) is 7.49. The van der Waals surface area contributed by atoms with Crippen LogP contribution in [-0.2, 0) is 12.3 Å². The Hall–Kier alpha value is -1.99. The molecular formula is C17H13ClF3N3S. The molecule has 0 atom stereocenters. The number of nitrogens with zero attached hydrogens (tertiary/aromatic N) is 3. The molecule has 3 rings (SSSR count). The maximum atomic E-state index is 13.0. The normalized spacial score (nSPS) is 11.7. The minimum absolute atomic E-state index is 0.288. The number of halogens is 4. The van der Waals surface area contributed by atoms with Crippen molar-refractivity contribution in [1.29, 1.82) is 0 Å². The number of thioether (sulfide) groups is 1. The van der Waals surface area contributed by atoms with Crippen LogP contribution in [0.1, 0.15) is 5.56 Å². The summed E-state index contributed by atoms with van der Waals surface area (Å²) >= 11 is 7.20. The van der Waals surface area contributed by atoms with Gasteiger partial charge in [0.15, 0.2) is 5.16 Å². The van der Waals surface area contributed by atoms with Gasteiger partial charge in [0.05, 0.1) is 11.9 Å². The third-order valence-corrected chi connectivity index (χ3v) is 4.80. The molecule has 0 bridgehead atoms. The smallest absolute Gasteiger partial charge is 0.310 e. The van der Waals surface area contributed by atoms with Crippen LogP contribution < -0.4 is 0 Å². The minimum Gasteiger partial charge on any atom is -0.310 e. The molecule has 0 amide bonds. The van der Waals surface area contributed by atoms with E-state index in [1.807, 2.05) is 6.07 Å². The lowest BCUT2D eigenvalue weighted by Gasteiger charge is -2.14. The van der Waals surface area contributed by atoms with E-state index in [9.17, 15) is 13.2 Å². The second-order valence-corrected chi connectivity index (χ2v) is 6.54. The van der Waals surface area contributed by atoms with E-state index in [2.05, 4.69) is 9.97 Å². The molecule has 0 radical (unpaired) electrons. The first kappa shape index (κ1) is 17.8. The molecule has 130 valence electrons. The van der Waals surface area contributed by atoms with Crippen molar-refractivity contribution >= 4 is 23.4 Å². The molecule has 0 aliphatic heterocycles. The van der Waals surface area contributed by atoms with E-state index in [4.69, 9.17) is 11.6 Å². The number of aromatic nitrogens is 3. The van der Waals surface area contributed by atoms with Crippen molar-refractivity contribution in [2.24, 2.45) is 0 Å². The van der Waals surface area contributed by atoms with Gasteiger partial charge in [0, 0.05) is 11.9 Å². The number of rotatable bonds is 5. The number of alkyl halides is 3. The summed E-state index contributed by atoms with van der Waals surface area (Å²) in [7, 11) is 0. The van der Waals surface area contributed by atoms with Crippen LogP contribution >= 0.6 is 23.4 Å². The quantitative estimate of drug-likeness (QED) is 0.433. The zero-order valence-corrected chi connectivity index (χ0v) is 14.4. The Kier molecular flexibility index (Phi) is 5.34. The van der Waals surface area contributed by atoms with Gasteiger partial charge in [0.1, 0.15) is 11.7 Å². The van der Waals surface area contributed by atoms with Gasteiger partial charge in [0.25, 0.3) is 0 Å². The molecule has 25 heavy (non-hydrogen) atoms. The Labute approximate surface area is 151 Å². The zero-order valence-electron chi connectivity index (χ0n) is 12.9. The summed E-state index contributed by atoms with van der Waals surface area (Å²) in [4.78, 5) is 8.15. The van der Waals surface area contributed by atoms with Crippen LogP contribution in [0.2, 0.25) is 5.15 Å². The SMILES string of the molecule is FC(F)(F)Cn1c(-c2ccccc2)cnc1SCc1cccnc1Cl. The highest BCUT2D eigenvalue weighted by Gasteiger charge is 2.30. The monoisotopic (exact) mass is 383 g/mol. The standard InChI is InChI=1S/C17H13ClF3N3S/c18-15-13(7-4-8-22-15)10-25-16-23-9-14(12-5-2-1-3-6-12)24(16)11-17(19,20)21/h1-9H,10-11H2. The van der Waals surface area contributed by atoms with Crippen molar-refractivity contribution < 1.29 is 13.2 Å². The van der Waals surface area contributed by atoms with Gasteiger partial charge in [-0.2, -0.15) is 13.2 Å². The average molecular weight is 384 g/mol. The largest absolute Gasteiger partial charge is 0.406 e. The summed E-state index contributed by atoms with van der Waals surface area (Å²) < 4.78 is 40.3. The van der Waals surface area contributed by atoms with Gasteiger partial charge < -0.3 is 4.57 Å². The Morgan fingerprint density at radius 3 is 2.48 bits per heavy atom.